The van der Waals surface area contributed by atoms with E-state index in [9.17, 15) is 14.4 Å². The van der Waals surface area contributed by atoms with Crippen LogP contribution in [0.4, 0.5) is 4.79 Å². The highest BCUT2D eigenvalue weighted by molar-refractivity contribution is 7.12. The molecule has 0 radical (unpaired) electrons. The van der Waals surface area contributed by atoms with Crippen LogP contribution in [0.3, 0.4) is 0 Å². The number of hydrogen-bond acceptors (Lipinski definition) is 6. The molecule has 1 aromatic carbocycles. The summed E-state index contributed by atoms with van der Waals surface area (Å²) in [5.74, 6) is 0.612. The predicted octanol–water partition coefficient (Wildman–Crippen LogP) is 3.57. The summed E-state index contributed by atoms with van der Waals surface area (Å²) in [7, 11) is 0. The lowest BCUT2D eigenvalue weighted by Crippen LogP contribution is -2.41. The van der Waals surface area contributed by atoms with Crippen molar-refractivity contribution < 1.29 is 23.9 Å². The van der Waals surface area contributed by atoms with Crippen molar-refractivity contribution in [3.05, 3.63) is 52.2 Å². The summed E-state index contributed by atoms with van der Waals surface area (Å²) in [6.07, 6.45) is 0.931. The minimum Gasteiger partial charge on any atom is -0.434 e. The van der Waals surface area contributed by atoms with Gasteiger partial charge in [-0.2, -0.15) is 0 Å². The number of thiophene rings is 1. The van der Waals surface area contributed by atoms with E-state index in [2.05, 4.69) is 5.32 Å². The van der Waals surface area contributed by atoms with Crippen molar-refractivity contribution in [2.45, 2.75) is 19.8 Å². The van der Waals surface area contributed by atoms with Gasteiger partial charge in [0.25, 0.3) is 11.8 Å². The number of rotatable bonds is 6. The first-order valence-electron chi connectivity index (χ1n) is 9.62. The molecule has 1 aromatic heterocycles. The van der Waals surface area contributed by atoms with Crippen LogP contribution >= 0.6 is 11.3 Å². The average molecular weight is 416 g/mol. The fourth-order valence-corrected chi connectivity index (χ4v) is 3.80. The molecule has 1 aliphatic heterocycles. The van der Waals surface area contributed by atoms with Crippen molar-refractivity contribution in [3.63, 3.8) is 0 Å². The fraction of sp³-hybridized carbons (Fsp3) is 0.381. The van der Waals surface area contributed by atoms with Crippen molar-refractivity contribution in [3.8, 4) is 5.75 Å². The molecular formula is C21H24N2O5S. The van der Waals surface area contributed by atoms with E-state index in [1.807, 2.05) is 22.4 Å². The first kappa shape index (κ1) is 20.9. The Morgan fingerprint density at radius 2 is 1.86 bits per heavy atom. The molecule has 1 aliphatic rings. The van der Waals surface area contributed by atoms with E-state index in [-0.39, 0.29) is 18.4 Å². The Bertz CT molecular complexity index is 827. The second-order valence-electron chi connectivity index (χ2n) is 6.73. The molecule has 1 saturated heterocycles. The Labute approximate surface area is 173 Å². The monoisotopic (exact) mass is 416 g/mol. The molecule has 7 nitrogen and oxygen atoms in total. The van der Waals surface area contributed by atoms with Gasteiger partial charge in [-0.1, -0.05) is 6.07 Å². The predicted molar refractivity (Wildman–Crippen MR) is 109 cm³/mol. The molecule has 8 heteroatoms. The number of carbonyl (C=O) groups excluding carboxylic acids is 3. The summed E-state index contributed by atoms with van der Waals surface area (Å²) in [5, 5.41) is 4.86. The van der Waals surface area contributed by atoms with Gasteiger partial charge in [-0.3, -0.25) is 9.59 Å². The minimum absolute atomic E-state index is 0.0383. The topological polar surface area (TPSA) is 84.9 Å². The van der Waals surface area contributed by atoms with Gasteiger partial charge in [0, 0.05) is 25.2 Å². The van der Waals surface area contributed by atoms with Gasteiger partial charge in [-0.15, -0.1) is 11.3 Å². The van der Waals surface area contributed by atoms with Crippen molar-refractivity contribution in [2.24, 2.45) is 5.92 Å². The molecule has 2 amide bonds. The van der Waals surface area contributed by atoms with Gasteiger partial charge in [-0.05, 0) is 61.4 Å². The minimum atomic E-state index is -0.764. The zero-order valence-corrected chi connectivity index (χ0v) is 17.1. The molecule has 0 unspecified atom stereocenters. The van der Waals surface area contributed by atoms with Crippen molar-refractivity contribution in [1.82, 2.24) is 10.2 Å². The molecule has 2 heterocycles. The standard InChI is InChI=1S/C21H24N2O5S/c1-2-27-21(26)28-17-7-5-16(6-8-17)20(25)23-11-9-15(10-12-23)14-22-19(24)18-4-3-13-29-18/h3-8,13,15H,2,9-12,14H2,1H3,(H,22,24). The summed E-state index contributed by atoms with van der Waals surface area (Å²) in [6.45, 7) is 3.87. The SMILES string of the molecule is CCOC(=O)Oc1ccc(C(=O)N2CCC(CNC(=O)c3cccs3)CC2)cc1. The van der Waals surface area contributed by atoms with E-state index in [1.165, 1.54) is 11.3 Å². The van der Waals surface area contributed by atoms with Crippen LogP contribution in [0.5, 0.6) is 5.75 Å². The van der Waals surface area contributed by atoms with Crippen LogP contribution < -0.4 is 10.1 Å². The summed E-state index contributed by atoms with van der Waals surface area (Å²) >= 11 is 1.43. The van der Waals surface area contributed by atoms with Crippen LogP contribution in [0.25, 0.3) is 0 Å². The van der Waals surface area contributed by atoms with Crippen LogP contribution in [0.2, 0.25) is 0 Å². The van der Waals surface area contributed by atoms with Crippen LogP contribution in [0, 0.1) is 5.92 Å². The van der Waals surface area contributed by atoms with Gasteiger partial charge in [-0.25, -0.2) is 4.79 Å². The van der Waals surface area contributed by atoms with Crippen molar-refractivity contribution >= 4 is 29.3 Å². The van der Waals surface area contributed by atoms with Crippen LogP contribution in [0.15, 0.2) is 41.8 Å². The van der Waals surface area contributed by atoms with Gasteiger partial charge < -0.3 is 19.7 Å². The number of nitrogens with zero attached hydrogens (tertiary/aromatic N) is 1. The summed E-state index contributed by atoms with van der Waals surface area (Å²) in [4.78, 5) is 38.6. The summed E-state index contributed by atoms with van der Waals surface area (Å²) in [6, 6.07) is 10.1. The molecule has 0 bridgehead atoms. The maximum Gasteiger partial charge on any atom is 0.513 e. The van der Waals surface area contributed by atoms with Crippen LogP contribution in [-0.4, -0.2) is 49.1 Å². The Morgan fingerprint density at radius 1 is 1.14 bits per heavy atom. The number of hydrogen-bond donors (Lipinski definition) is 1. The number of carbonyl (C=O) groups is 3. The molecule has 2 aromatic rings. The van der Waals surface area contributed by atoms with Crippen molar-refractivity contribution in [2.75, 3.05) is 26.2 Å². The molecule has 0 atom stereocenters. The number of ether oxygens (including phenoxy) is 2. The third kappa shape index (κ3) is 5.80. The first-order valence-corrected chi connectivity index (χ1v) is 10.5. The average Bonchev–Trinajstić information content (AvgIpc) is 3.28. The van der Waals surface area contributed by atoms with Crippen molar-refractivity contribution in [1.29, 1.82) is 0 Å². The second kappa shape index (κ2) is 10.1. The lowest BCUT2D eigenvalue weighted by molar-refractivity contribution is 0.0684. The quantitative estimate of drug-likeness (QED) is 0.575. The molecular weight excluding hydrogens is 392 g/mol. The van der Waals surface area contributed by atoms with E-state index >= 15 is 0 Å². The van der Waals surface area contributed by atoms with Crippen LogP contribution in [0.1, 0.15) is 39.8 Å². The van der Waals surface area contributed by atoms with Gasteiger partial charge in [0.15, 0.2) is 0 Å². The largest absolute Gasteiger partial charge is 0.513 e. The molecule has 1 fully saturated rings. The number of amides is 2. The zero-order valence-electron chi connectivity index (χ0n) is 16.3. The van der Waals surface area contributed by atoms with E-state index in [1.54, 1.807) is 31.2 Å². The summed E-state index contributed by atoms with van der Waals surface area (Å²) < 4.78 is 9.72. The highest BCUT2D eigenvalue weighted by atomic mass is 32.1. The molecule has 154 valence electrons. The highest BCUT2D eigenvalue weighted by Crippen LogP contribution is 2.20. The third-order valence-corrected chi connectivity index (χ3v) is 5.63. The molecule has 0 aliphatic carbocycles. The summed E-state index contributed by atoms with van der Waals surface area (Å²) in [5.41, 5.74) is 0.547. The number of likely N-dealkylation sites (tertiary alicyclic amines) is 1. The molecule has 29 heavy (non-hydrogen) atoms. The Morgan fingerprint density at radius 3 is 2.48 bits per heavy atom. The fourth-order valence-electron chi connectivity index (χ4n) is 3.16. The maximum absolute atomic E-state index is 12.7. The number of benzene rings is 1. The lowest BCUT2D eigenvalue weighted by Gasteiger charge is -2.32. The molecule has 0 spiro atoms. The van der Waals surface area contributed by atoms with E-state index < -0.39 is 6.16 Å². The van der Waals surface area contributed by atoms with Gasteiger partial charge >= 0.3 is 6.16 Å². The maximum atomic E-state index is 12.7. The Kier molecular flexibility index (Phi) is 7.24. The third-order valence-electron chi connectivity index (χ3n) is 4.76. The lowest BCUT2D eigenvalue weighted by atomic mass is 9.96. The van der Waals surface area contributed by atoms with Gasteiger partial charge in [0.05, 0.1) is 11.5 Å². The van der Waals surface area contributed by atoms with Gasteiger partial charge in [0.1, 0.15) is 5.75 Å². The molecule has 1 N–H and O–H groups in total. The Balaban J connectivity index is 1.44. The molecule has 0 saturated carbocycles. The zero-order chi connectivity index (χ0) is 20.6. The number of nitrogens with one attached hydrogen (secondary N) is 1. The van der Waals surface area contributed by atoms with E-state index in [0.29, 0.717) is 41.7 Å². The Hall–Kier alpha value is -2.87. The normalized spacial score (nSPS) is 14.3. The van der Waals surface area contributed by atoms with Crippen LogP contribution in [-0.2, 0) is 4.74 Å². The van der Waals surface area contributed by atoms with E-state index in [4.69, 9.17) is 9.47 Å². The second-order valence-corrected chi connectivity index (χ2v) is 7.68. The first-order chi connectivity index (χ1) is 14.1. The smallest absolute Gasteiger partial charge is 0.434 e. The number of piperidine rings is 1. The molecule has 3 rings (SSSR count). The highest BCUT2D eigenvalue weighted by Gasteiger charge is 2.24. The van der Waals surface area contributed by atoms with Gasteiger partial charge in [0.2, 0.25) is 0 Å². The van der Waals surface area contributed by atoms with E-state index in [0.717, 1.165) is 12.8 Å².